The molecule has 1 rings (SSSR count). The third-order valence-corrected chi connectivity index (χ3v) is 1.84. The van der Waals surface area contributed by atoms with Crippen molar-refractivity contribution >= 4 is 11.3 Å². The van der Waals surface area contributed by atoms with Gasteiger partial charge in [-0.25, -0.2) is 0 Å². The molecule has 0 saturated carbocycles. The van der Waals surface area contributed by atoms with Crippen molar-refractivity contribution in [2.45, 2.75) is 13.2 Å². The summed E-state index contributed by atoms with van der Waals surface area (Å²) in [6, 6.07) is 1.54. The fourth-order valence-electron chi connectivity index (χ4n) is 0.601. The van der Waals surface area contributed by atoms with Gasteiger partial charge in [0, 0.05) is 17.5 Å². The van der Waals surface area contributed by atoms with Crippen LogP contribution in [0.1, 0.15) is 5.56 Å². The summed E-state index contributed by atoms with van der Waals surface area (Å²) in [5.41, 5.74) is 5.80. The average molecular weight is 178 g/mol. The highest BCUT2D eigenvalue weighted by molar-refractivity contribution is 7.11. The van der Waals surface area contributed by atoms with Gasteiger partial charge in [-0.05, 0) is 6.07 Å². The van der Waals surface area contributed by atoms with Crippen LogP contribution in [0.2, 0.25) is 0 Å². The zero-order valence-corrected chi connectivity index (χ0v) is 6.33. The summed E-state index contributed by atoms with van der Waals surface area (Å²) >= 11 is 0.995. The number of rotatable bonds is 3. The molecule has 1 aromatic rings. The Balaban J connectivity index is 2.68. The molecular formula is C6H6F2NOS. The Morgan fingerprint density at radius 2 is 2.45 bits per heavy atom. The molecule has 0 aliphatic heterocycles. The first-order valence-corrected chi connectivity index (χ1v) is 3.69. The molecule has 0 amide bonds. The smallest absolute Gasteiger partial charge is 0.388 e. The largest absolute Gasteiger partial charge is 0.425 e. The van der Waals surface area contributed by atoms with E-state index in [4.69, 9.17) is 5.73 Å². The number of ether oxygens (including phenoxy) is 1. The summed E-state index contributed by atoms with van der Waals surface area (Å²) in [6.45, 7) is -2.59. The van der Waals surface area contributed by atoms with Gasteiger partial charge in [0.15, 0.2) is 5.06 Å². The molecule has 1 heterocycles. The summed E-state index contributed by atoms with van der Waals surface area (Å²) in [5.74, 6) is 0. The number of hydrogen-bond acceptors (Lipinski definition) is 3. The van der Waals surface area contributed by atoms with Crippen LogP contribution in [0.5, 0.6) is 5.06 Å². The molecule has 1 aromatic heterocycles. The molecule has 2 N–H and O–H groups in total. The van der Waals surface area contributed by atoms with E-state index < -0.39 is 6.61 Å². The predicted octanol–water partition coefficient (Wildman–Crippen LogP) is 1.61. The molecule has 0 unspecified atom stereocenters. The van der Waals surface area contributed by atoms with Crippen LogP contribution in [0, 0.1) is 5.38 Å². The van der Waals surface area contributed by atoms with Crippen molar-refractivity contribution in [2.24, 2.45) is 5.73 Å². The lowest BCUT2D eigenvalue weighted by Crippen LogP contribution is -2.04. The maximum atomic E-state index is 11.6. The van der Waals surface area contributed by atoms with Gasteiger partial charge in [-0.1, -0.05) is 11.3 Å². The number of alkyl halides is 2. The first-order chi connectivity index (χ1) is 5.24. The highest BCUT2D eigenvalue weighted by Gasteiger charge is 2.09. The molecular weight excluding hydrogens is 172 g/mol. The monoisotopic (exact) mass is 178 g/mol. The Morgan fingerprint density at radius 1 is 1.73 bits per heavy atom. The Hall–Kier alpha value is -0.680. The van der Waals surface area contributed by atoms with Crippen molar-refractivity contribution in [1.82, 2.24) is 0 Å². The first-order valence-electron chi connectivity index (χ1n) is 2.87. The van der Waals surface area contributed by atoms with Gasteiger partial charge >= 0.3 is 6.61 Å². The van der Waals surface area contributed by atoms with E-state index in [-0.39, 0.29) is 11.6 Å². The minimum absolute atomic E-state index is 0.155. The maximum absolute atomic E-state index is 11.6. The van der Waals surface area contributed by atoms with Crippen LogP contribution in [0.15, 0.2) is 6.07 Å². The topological polar surface area (TPSA) is 35.2 Å². The minimum Gasteiger partial charge on any atom is -0.425 e. The van der Waals surface area contributed by atoms with Crippen molar-refractivity contribution in [3.05, 3.63) is 17.0 Å². The van der Waals surface area contributed by atoms with Gasteiger partial charge in [-0.2, -0.15) is 8.78 Å². The summed E-state index contributed by atoms with van der Waals surface area (Å²) < 4.78 is 27.4. The first kappa shape index (κ1) is 8.42. The predicted molar refractivity (Wildman–Crippen MR) is 37.7 cm³/mol. The highest BCUT2D eigenvalue weighted by Crippen LogP contribution is 2.26. The van der Waals surface area contributed by atoms with E-state index in [0.717, 1.165) is 11.3 Å². The molecule has 0 aliphatic carbocycles. The van der Waals surface area contributed by atoms with E-state index in [0.29, 0.717) is 5.56 Å². The fraction of sp³-hybridized carbons (Fsp3) is 0.333. The third kappa shape index (κ3) is 2.13. The van der Waals surface area contributed by atoms with Gasteiger partial charge in [-0.15, -0.1) is 0 Å². The molecule has 1 radical (unpaired) electrons. The molecule has 0 aromatic carbocycles. The van der Waals surface area contributed by atoms with Crippen LogP contribution in [0.25, 0.3) is 0 Å². The summed E-state index contributed by atoms with van der Waals surface area (Å²) in [7, 11) is 0. The minimum atomic E-state index is -2.78. The van der Waals surface area contributed by atoms with Gasteiger partial charge < -0.3 is 10.5 Å². The van der Waals surface area contributed by atoms with E-state index in [9.17, 15) is 8.78 Å². The number of nitrogens with two attached hydrogens (primary N) is 1. The summed E-state index contributed by atoms with van der Waals surface area (Å²) in [5, 5.41) is 2.81. The quantitative estimate of drug-likeness (QED) is 0.763. The van der Waals surface area contributed by atoms with Crippen molar-refractivity contribution in [3.63, 3.8) is 0 Å². The fourth-order valence-corrected chi connectivity index (χ4v) is 1.30. The maximum Gasteiger partial charge on any atom is 0.388 e. The molecule has 5 heteroatoms. The Labute approximate surface area is 66.6 Å². The van der Waals surface area contributed by atoms with Gasteiger partial charge in [-0.3, -0.25) is 0 Å². The van der Waals surface area contributed by atoms with Gasteiger partial charge in [0.05, 0.1) is 0 Å². The number of halogens is 2. The van der Waals surface area contributed by atoms with E-state index >= 15 is 0 Å². The second-order valence-electron chi connectivity index (χ2n) is 1.76. The molecule has 0 bridgehead atoms. The SMILES string of the molecule is NCc1c[c]sc1OC(F)F. The van der Waals surface area contributed by atoms with Crippen molar-refractivity contribution < 1.29 is 13.5 Å². The highest BCUT2D eigenvalue weighted by atomic mass is 32.1. The summed E-state index contributed by atoms with van der Waals surface area (Å²) in [4.78, 5) is 0. The summed E-state index contributed by atoms with van der Waals surface area (Å²) in [6.07, 6.45) is 0. The van der Waals surface area contributed by atoms with Crippen molar-refractivity contribution in [2.75, 3.05) is 0 Å². The van der Waals surface area contributed by atoms with Crippen molar-refractivity contribution in [3.8, 4) is 5.06 Å². The molecule has 0 fully saturated rings. The van der Waals surface area contributed by atoms with E-state index in [2.05, 4.69) is 10.1 Å². The van der Waals surface area contributed by atoms with Crippen LogP contribution in [-0.4, -0.2) is 6.61 Å². The van der Waals surface area contributed by atoms with E-state index in [1.165, 1.54) is 0 Å². The second-order valence-corrected chi connectivity index (χ2v) is 2.57. The molecule has 2 nitrogen and oxygen atoms in total. The van der Waals surface area contributed by atoms with Crippen LogP contribution in [0.4, 0.5) is 8.78 Å². The Morgan fingerprint density at radius 3 is 3.00 bits per heavy atom. The molecule has 61 valence electrons. The van der Waals surface area contributed by atoms with Gasteiger partial charge in [0.25, 0.3) is 0 Å². The lowest BCUT2D eigenvalue weighted by molar-refractivity contribution is -0.0477. The van der Waals surface area contributed by atoms with Crippen molar-refractivity contribution in [1.29, 1.82) is 0 Å². The molecule has 0 aliphatic rings. The molecule has 0 saturated heterocycles. The van der Waals surface area contributed by atoms with Crippen LogP contribution in [0.3, 0.4) is 0 Å². The Kier molecular flexibility index (Phi) is 2.78. The van der Waals surface area contributed by atoms with Gasteiger partial charge in [0.1, 0.15) is 0 Å². The average Bonchev–Trinajstić information content (AvgIpc) is 2.34. The molecule has 0 spiro atoms. The Bertz CT molecular complexity index is 226. The van der Waals surface area contributed by atoms with Crippen LogP contribution >= 0.6 is 11.3 Å². The van der Waals surface area contributed by atoms with Gasteiger partial charge in [0.2, 0.25) is 0 Å². The lowest BCUT2D eigenvalue weighted by atomic mass is 10.3. The van der Waals surface area contributed by atoms with Crippen LogP contribution in [-0.2, 0) is 6.54 Å². The van der Waals surface area contributed by atoms with Crippen LogP contribution < -0.4 is 10.5 Å². The van der Waals surface area contributed by atoms with E-state index in [1.54, 1.807) is 6.07 Å². The zero-order valence-electron chi connectivity index (χ0n) is 5.51. The van der Waals surface area contributed by atoms with E-state index in [1.807, 2.05) is 0 Å². The number of hydrogen-bond donors (Lipinski definition) is 1. The second kappa shape index (κ2) is 3.64. The third-order valence-electron chi connectivity index (χ3n) is 1.06. The number of thiophene rings is 1. The normalized spacial score (nSPS) is 10.5. The molecule has 11 heavy (non-hydrogen) atoms. The molecule has 0 atom stereocenters. The zero-order chi connectivity index (χ0) is 8.27. The standard InChI is InChI=1S/C6H6F2NOS/c7-6(8)10-5-4(3-9)1-2-11-5/h1,6H,3,9H2. The lowest BCUT2D eigenvalue weighted by Gasteiger charge is -2.02.